The minimum Gasteiger partial charge on any atom is -0.491 e. The molecule has 0 spiro atoms. The van der Waals surface area contributed by atoms with Gasteiger partial charge in [-0.05, 0) is 49.2 Å². The van der Waals surface area contributed by atoms with E-state index in [2.05, 4.69) is 25.7 Å². The molecule has 2 aromatic heterocycles. The van der Waals surface area contributed by atoms with Crippen molar-refractivity contribution in [1.29, 1.82) is 0 Å². The van der Waals surface area contributed by atoms with Gasteiger partial charge in [0.15, 0.2) is 5.76 Å². The Morgan fingerprint density at radius 1 is 1.09 bits per heavy atom. The van der Waals surface area contributed by atoms with Gasteiger partial charge in [0.25, 0.3) is 5.91 Å². The van der Waals surface area contributed by atoms with Crippen molar-refractivity contribution >= 4 is 11.8 Å². The molecule has 9 nitrogen and oxygen atoms in total. The summed E-state index contributed by atoms with van der Waals surface area (Å²) >= 11 is 0. The second-order valence-corrected chi connectivity index (χ2v) is 8.55. The Bertz CT molecular complexity index is 1160. The van der Waals surface area contributed by atoms with Crippen molar-refractivity contribution in [2.45, 2.75) is 37.9 Å². The summed E-state index contributed by atoms with van der Waals surface area (Å²) in [4.78, 5) is 27.7. The van der Waals surface area contributed by atoms with Gasteiger partial charge in [0, 0.05) is 31.2 Å². The van der Waals surface area contributed by atoms with Crippen LogP contribution in [0.15, 0.2) is 47.0 Å². The van der Waals surface area contributed by atoms with Gasteiger partial charge < -0.3 is 19.8 Å². The van der Waals surface area contributed by atoms with Gasteiger partial charge in [0.05, 0.1) is 18.7 Å². The van der Waals surface area contributed by atoms with Crippen molar-refractivity contribution in [3.8, 4) is 17.2 Å². The first-order valence-electron chi connectivity index (χ1n) is 11.4. The third-order valence-electron chi connectivity index (χ3n) is 6.32. The van der Waals surface area contributed by atoms with E-state index < -0.39 is 11.7 Å². The van der Waals surface area contributed by atoms with E-state index in [1.54, 1.807) is 6.20 Å². The third-order valence-corrected chi connectivity index (χ3v) is 6.32. The number of amides is 2. The predicted octanol–water partition coefficient (Wildman–Crippen LogP) is 2.47. The number of hydrogen-bond acceptors (Lipinski definition) is 6. The lowest BCUT2D eigenvalue weighted by atomic mass is 10.1. The number of aromatic nitrogens is 2. The van der Waals surface area contributed by atoms with E-state index in [9.17, 15) is 14.0 Å². The lowest BCUT2D eigenvalue weighted by Gasteiger charge is -2.29. The van der Waals surface area contributed by atoms with Gasteiger partial charge >= 0.3 is 0 Å². The summed E-state index contributed by atoms with van der Waals surface area (Å²) in [5, 5.41) is 12.7. The van der Waals surface area contributed by atoms with Gasteiger partial charge in [-0.2, -0.15) is 5.10 Å². The average Bonchev–Trinajstić information content (AvgIpc) is 3.58. The number of benzene rings is 1. The number of halogens is 1. The number of rotatable bonds is 3. The van der Waals surface area contributed by atoms with Gasteiger partial charge in [-0.1, -0.05) is 0 Å². The molecule has 2 amide bonds. The van der Waals surface area contributed by atoms with Crippen LogP contribution in [0.3, 0.4) is 0 Å². The number of carbonyl (C=O) groups excluding carboxylic acids is 2. The Kier molecular flexibility index (Phi) is 6.31. The summed E-state index contributed by atoms with van der Waals surface area (Å²) in [5.74, 6) is 0.770. The fourth-order valence-corrected chi connectivity index (χ4v) is 4.64. The van der Waals surface area contributed by atoms with Crippen LogP contribution in [-0.4, -0.2) is 58.7 Å². The molecule has 2 aliphatic heterocycles. The summed E-state index contributed by atoms with van der Waals surface area (Å²) in [6.07, 6.45) is 3.65. The standard InChI is InChI=1S/C24H26FN5O4/c25-15-1-5-21-19(11-15)24(32)27-13-17-3-2-16(12-23(31)26-9-10-33-21)30(17)14-18-4-6-22(34-18)20-7-8-28-29-20/h1,4-8,11,16-17H,2-3,9-10,12-14H2,(H,26,31)(H,27,32)(H,28,29)/t16-,17+/m0/s1. The third kappa shape index (κ3) is 4.81. The predicted molar refractivity (Wildman–Crippen MR) is 120 cm³/mol. The van der Waals surface area contributed by atoms with Crippen LogP contribution in [-0.2, 0) is 11.3 Å². The molecule has 0 aliphatic carbocycles. The van der Waals surface area contributed by atoms with E-state index in [0.717, 1.165) is 24.3 Å². The Morgan fingerprint density at radius 2 is 1.97 bits per heavy atom. The van der Waals surface area contributed by atoms with E-state index in [1.807, 2.05) is 18.2 Å². The highest BCUT2D eigenvalue weighted by molar-refractivity contribution is 5.97. The molecule has 3 N–H and O–H groups in total. The highest BCUT2D eigenvalue weighted by Gasteiger charge is 2.35. The Balaban J connectivity index is 1.37. The zero-order chi connectivity index (χ0) is 23.5. The molecular weight excluding hydrogens is 441 g/mol. The second-order valence-electron chi connectivity index (χ2n) is 8.55. The van der Waals surface area contributed by atoms with Crippen LogP contribution >= 0.6 is 0 Å². The Labute approximate surface area is 195 Å². The van der Waals surface area contributed by atoms with Gasteiger partial charge in [-0.15, -0.1) is 0 Å². The minimum absolute atomic E-state index is 0.00308. The number of nitrogens with one attached hydrogen (secondary N) is 3. The number of ether oxygens (including phenoxy) is 1. The fraction of sp³-hybridized carbons (Fsp3) is 0.375. The van der Waals surface area contributed by atoms with Crippen LogP contribution in [0.1, 0.15) is 35.4 Å². The fourth-order valence-electron chi connectivity index (χ4n) is 4.64. The number of H-pyrrole nitrogens is 1. The van der Waals surface area contributed by atoms with E-state index in [4.69, 9.17) is 9.15 Å². The molecule has 2 atom stereocenters. The van der Waals surface area contributed by atoms with E-state index in [1.165, 1.54) is 18.2 Å². The number of furan rings is 1. The quantitative estimate of drug-likeness (QED) is 0.546. The van der Waals surface area contributed by atoms with Gasteiger partial charge in [0.1, 0.15) is 29.6 Å². The number of fused-ring (bicyclic) bond motifs is 3. The SMILES string of the molecule is O=C1C[C@@H]2CC[C@H](CNC(=O)c3cc(F)ccc3OCCN1)N2Cc1ccc(-c2ccn[nH]2)o1. The number of aromatic amines is 1. The summed E-state index contributed by atoms with van der Waals surface area (Å²) in [6, 6.07) is 9.49. The highest BCUT2D eigenvalue weighted by atomic mass is 19.1. The first kappa shape index (κ1) is 22.1. The van der Waals surface area contributed by atoms with Crippen molar-refractivity contribution in [2.75, 3.05) is 19.7 Å². The van der Waals surface area contributed by atoms with E-state index in [0.29, 0.717) is 31.8 Å². The van der Waals surface area contributed by atoms with Crippen molar-refractivity contribution in [3.05, 3.63) is 59.7 Å². The van der Waals surface area contributed by atoms with Crippen LogP contribution in [0.4, 0.5) is 4.39 Å². The lowest BCUT2D eigenvalue weighted by molar-refractivity contribution is -0.122. The Hall–Kier alpha value is -3.66. The summed E-state index contributed by atoms with van der Waals surface area (Å²) in [7, 11) is 0. The number of nitrogens with zero attached hydrogens (tertiary/aromatic N) is 2. The van der Waals surface area contributed by atoms with Gasteiger partial charge in [-0.25, -0.2) is 4.39 Å². The number of hydrogen-bond donors (Lipinski definition) is 3. The monoisotopic (exact) mass is 467 g/mol. The maximum Gasteiger partial charge on any atom is 0.255 e. The molecule has 1 aromatic carbocycles. The molecule has 5 rings (SSSR count). The molecule has 1 fully saturated rings. The van der Waals surface area contributed by atoms with Crippen LogP contribution in [0, 0.1) is 5.82 Å². The summed E-state index contributed by atoms with van der Waals surface area (Å²) in [5.41, 5.74) is 0.926. The molecule has 10 heteroatoms. The van der Waals surface area contributed by atoms with Crippen molar-refractivity contribution in [1.82, 2.24) is 25.7 Å². The van der Waals surface area contributed by atoms with Crippen molar-refractivity contribution in [2.24, 2.45) is 0 Å². The molecule has 4 heterocycles. The summed E-state index contributed by atoms with van der Waals surface area (Å²) < 4.78 is 25.5. The number of carbonyl (C=O) groups is 2. The first-order chi connectivity index (χ1) is 16.6. The zero-order valence-electron chi connectivity index (χ0n) is 18.6. The zero-order valence-corrected chi connectivity index (χ0v) is 18.6. The molecule has 0 radical (unpaired) electrons. The topological polar surface area (TPSA) is 112 Å². The van der Waals surface area contributed by atoms with Crippen molar-refractivity contribution < 1.29 is 23.1 Å². The molecule has 2 aliphatic rings. The molecule has 0 unspecified atom stereocenters. The lowest BCUT2D eigenvalue weighted by Crippen LogP contribution is -2.44. The molecule has 3 aromatic rings. The highest BCUT2D eigenvalue weighted by Crippen LogP contribution is 2.30. The molecule has 0 saturated carbocycles. The smallest absolute Gasteiger partial charge is 0.255 e. The van der Waals surface area contributed by atoms with Crippen molar-refractivity contribution in [3.63, 3.8) is 0 Å². The largest absolute Gasteiger partial charge is 0.491 e. The van der Waals surface area contributed by atoms with Crippen LogP contribution in [0.2, 0.25) is 0 Å². The molecule has 34 heavy (non-hydrogen) atoms. The molecular formula is C24H26FN5O4. The molecule has 1 saturated heterocycles. The average molecular weight is 468 g/mol. The van der Waals surface area contributed by atoms with E-state index >= 15 is 0 Å². The summed E-state index contributed by atoms with van der Waals surface area (Å²) in [6.45, 7) is 1.33. The second kappa shape index (κ2) is 9.68. The first-order valence-corrected chi connectivity index (χ1v) is 11.4. The van der Waals surface area contributed by atoms with Crippen LogP contribution < -0.4 is 15.4 Å². The van der Waals surface area contributed by atoms with Gasteiger partial charge in [0.2, 0.25) is 5.91 Å². The van der Waals surface area contributed by atoms with Gasteiger partial charge in [-0.3, -0.25) is 19.6 Å². The molecule has 178 valence electrons. The molecule has 2 bridgehead atoms. The normalized spacial score (nSPS) is 21.8. The Morgan fingerprint density at radius 3 is 2.82 bits per heavy atom. The van der Waals surface area contributed by atoms with Crippen LogP contribution in [0.25, 0.3) is 11.5 Å². The maximum atomic E-state index is 13.8. The van der Waals surface area contributed by atoms with E-state index in [-0.39, 0.29) is 35.9 Å². The maximum absolute atomic E-state index is 13.8. The van der Waals surface area contributed by atoms with Crippen LogP contribution in [0.5, 0.6) is 5.75 Å². The minimum atomic E-state index is -0.514.